The molecule has 1 heterocycles. The van der Waals surface area contributed by atoms with Crippen molar-refractivity contribution in [3.8, 4) is 11.5 Å². The highest BCUT2D eigenvalue weighted by Gasteiger charge is 2.32. The number of carbonyl (C=O) groups excluding carboxylic acids is 4. The summed E-state index contributed by atoms with van der Waals surface area (Å²) in [6, 6.07) is 43.1. The lowest BCUT2D eigenvalue weighted by atomic mass is 9.91. The van der Waals surface area contributed by atoms with E-state index in [1.54, 1.807) is 36.4 Å². The zero-order valence-corrected chi connectivity index (χ0v) is 32.8. The Labute approximate surface area is 349 Å². The van der Waals surface area contributed by atoms with Crippen molar-refractivity contribution in [2.24, 2.45) is 0 Å². The van der Waals surface area contributed by atoms with E-state index in [4.69, 9.17) is 9.47 Å². The van der Waals surface area contributed by atoms with Crippen LogP contribution in [0.15, 0.2) is 183 Å². The molecule has 4 bridgehead atoms. The zero-order valence-electron chi connectivity index (χ0n) is 32.8. The molecule has 0 saturated heterocycles. The van der Waals surface area contributed by atoms with Gasteiger partial charge in [-0.2, -0.15) is 0 Å². The van der Waals surface area contributed by atoms with Gasteiger partial charge < -0.3 is 30.7 Å². The van der Waals surface area contributed by atoms with Gasteiger partial charge >= 0.3 is 0 Å². The van der Waals surface area contributed by atoms with E-state index in [0.29, 0.717) is 22.3 Å². The topological polar surface area (TPSA) is 135 Å². The number of nitrogens with one attached hydrogen (secondary N) is 4. The largest absolute Gasteiger partial charge is 0.490 e. The van der Waals surface area contributed by atoms with Crippen molar-refractivity contribution in [2.75, 3.05) is 13.2 Å². The third-order valence-corrected chi connectivity index (χ3v) is 10.0. The molecule has 0 aromatic heterocycles. The smallest absolute Gasteiger partial charge is 0.252 e. The predicted molar refractivity (Wildman–Crippen MR) is 231 cm³/mol. The first kappa shape index (κ1) is 40.5. The maximum Gasteiger partial charge on any atom is 0.252 e. The highest BCUT2D eigenvalue weighted by Crippen LogP contribution is 2.33. The van der Waals surface area contributed by atoms with Crippen LogP contribution in [0, 0.1) is 0 Å². The Morgan fingerprint density at radius 1 is 0.383 bits per heavy atom. The van der Waals surface area contributed by atoms with Crippen LogP contribution in [-0.2, 0) is 0 Å². The summed E-state index contributed by atoms with van der Waals surface area (Å²) in [4.78, 5) is 58.4. The quantitative estimate of drug-likeness (QED) is 0.103. The summed E-state index contributed by atoms with van der Waals surface area (Å²) < 4.78 is 11.9. The summed E-state index contributed by atoms with van der Waals surface area (Å²) in [5.74, 6) is -1.54. The zero-order chi connectivity index (χ0) is 41.8. The fourth-order valence-corrected chi connectivity index (χ4v) is 7.18. The van der Waals surface area contributed by atoms with Gasteiger partial charge in [0.15, 0.2) is 0 Å². The number of hydrogen-bond donors (Lipinski definition) is 4. The molecule has 2 unspecified atom stereocenters. The Bertz CT molecular complexity index is 2150. The first-order valence-electron chi connectivity index (χ1n) is 19.5. The normalized spacial score (nSPS) is 18.3. The van der Waals surface area contributed by atoms with Gasteiger partial charge in [-0.25, -0.2) is 0 Å². The minimum absolute atomic E-state index is 0.121. The van der Waals surface area contributed by atoms with Crippen LogP contribution in [0.1, 0.15) is 87.9 Å². The Morgan fingerprint density at radius 3 is 0.833 bits per heavy atom. The lowest BCUT2D eigenvalue weighted by Crippen LogP contribution is -2.42. The molecular weight excluding hydrogens is 753 g/mol. The monoisotopic (exact) mass is 796 g/mol. The lowest BCUT2D eigenvalue weighted by Gasteiger charge is -2.31. The van der Waals surface area contributed by atoms with Gasteiger partial charge in [-0.15, -0.1) is 0 Å². The Morgan fingerprint density at radius 2 is 0.617 bits per heavy atom. The molecule has 0 saturated carbocycles. The van der Waals surface area contributed by atoms with Crippen LogP contribution in [0.25, 0.3) is 0 Å². The molecule has 10 nitrogen and oxygen atoms in total. The number of fused-ring (bicyclic) bond motifs is 4. The molecule has 7 rings (SSSR count). The van der Waals surface area contributed by atoms with Crippen molar-refractivity contribution in [3.05, 3.63) is 228 Å². The molecule has 6 aromatic carbocycles. The second-order valence-electron chi connectivity index (χ2n) is 14.1. The number of rotatable bonds is 10. The van der Waals surface area contributed by atoms with Crippen LogP contribution >= 0.6 is 0 Å². The highest BCUT2D eigenvalue weighted by molar-refractivity contribution is 6.02. The Hall–Kier alpha value is -7.72. The summed E-state index contributed by atoms with van der Waals surface area (Å²) >= 11 is 0. The van der Waals surface area contributed by atoms with E-state index in [1.807, 2.05) is 121 Å². The highest BCUT2D eigenvalue weighted by atomic mass is 16.5. The van der Waals surface area contributed by atoms with E-state index in [9.17, 15) is 19.2 Å². The molecule has 1 aliphatic rings. The predicted octanol–water partition coefficient (Wildman–Crippen LogP) is 8.41. The molecule has 4 N–H and O–H groups in total. The third kappa shape index (κ3) is 9.69. The summed E-state index contributed by atoms with van der Waals surface area (Å²) in [5, 5.41) is 12.7. The first-order valence-corrected chi connectivity index (χ1v) is 19.5. The molecule has 4 amide bonds. The van der Waals surface area contributed by atoms with Gasteiger partial charge in [0.1, 0.15) is 24.7 Å². The number of carbonyl (C=O) groups is 4. The van der Waals surface area contributed by atoms with E-state index in [-0.39, 0.29) is 47.0 Å². The second kappa shape index (κ2) is 19.1. The van der Waals surface area contributed by atoms with Crippen molar-refractivity contribution in [3.63, 3.8) is 0 Å². The molecule has 4 atom stereocenters. The van der Waals surface area contributed by atoms with Gasteiger partial charge in [0.25, 0.3) is 23.6 Å². The Kier molecular flexibility index (Phi) is 12.9. The van der Waals surface area contributed by atoms with Crippen LogP contribution < -0.4 is 30.7 Å². The van der Waals surface area contributed by atoms with Crippen LogP contribution in [0.2, 0.25) is 0 Å². The average Bonchev–Trinajstić information content (AvgIpc) is 3.30. The van der Waals surface area contributed by atoms with E-state index < -0.39 is 47.8 Å². The van der Waals surface area contributed by atoms with Gasteiger partial charge in [-0.1, -0.05) is 147 Å². The van der Waals surface area contributed by atoms with Crippen LogP contribution in [-0.4, -0.2) is 36.8 Å². The van der Waals surface area contributed by atoms with Gasteiger partial charge in [-0.3, -0.25) is 19.2 Å². The number of hydrogen-bond acceptors (Lipinski definition) is 6. The van der Waals surface area contributed by atoms with Gasteiger partial charge in [0, 0.05) is 22.3 Å². The fourth-order valence-electron chi connectivity index (χ4n) is 7.18. The molecule has 0 radical (unpaired) electrons. The van der Waals surface area contributed by atoms with Crippen molar-refractivity contribution >= 4 is 23.6 Å². The van der Waals surface area contributed by atoms with Crippen molar-refractivity contribution in [2.45, 2.75) is 24.2 Å². The first-order chi connectivity index (χ1) is 29.3. The number of amides is 4. The standard InChI is InChI=1S/C50H44N4O6/c1-3-25-59-41-29-37-27-38(30-41)48(56)52-44(34-19-11-6-12-20-34)46(36-23-15-8-16-24-36)54-50(58)40-28-39(31-42(32-40)60-26-4-2)49(57)53-45(35-21-13-7-14-22-35)43(51-47(37)55)33-17-9-5-10-18-33/h3-24,27-32,43-46H,1-2,25-26H2,(H,51,55)(H,52,56)(H,53,57)(H,54,58)/t43-,44?,45?,46-/m1/s1. The second-order valence-corrected chi connectivity index (χ2v) is 14.1. The number of ether oxygens (including phenoxy) is 2. The molecule has 0 fully saturated rings. The third-order valence-electron chi connectivity index (χ3n) is 10.0. The lowest BCUT2D eigenvalue weighted by molar-refractivity contribution is 0.0873. The van der Waals surface area contributed by atoms with Crippen molar-refractivity contribution < 1.29 is 28.7 Å². The summed E-state index contributed by atoms with van der Waals surface area (Å²) in [6.07, 6.45) is 3.13. The average molecular weight is 797 g/mol. The van der Waals surface area contributed by atoms with E-state index >= 15 is 0 Å². The summed E-state index contributed by atoms with van der Waals surface area (Å²) in [6.45, 7) is 7.75. The molecule has 0 spiro atoms. The molecular formula is C50H44N4O6. The molecule has 6 aromatic rings. The summed E-state index contributed by atoms with van der Waals surface area (Å²) in [7, 11) is 0. The van der Waals surface area contributed by atoms with E-state index in [2.05, 4.69) is 34.4 Å². The fraction of sp³-hybridized carbons (Fsp3) is 0.120. The Balaban J connectivity index is 1.44. The molecule has 1 aliphatic heterocycles. The van der Waals surface area contributed by atoms with Crippen LogP contribution in [0.3, 0.4) is 0 Å². The molecule has 300 valence electrons. The van der Waals surface area contributed by atoms with Crippen LogP contribution in [0.5, 0.6) is 11.5 Å². The van der Waals surface area contributed by atoms with Crippen molar-refractivity contribution in [1.29, 1.82) is 0 Å². The summed E-state index contributed by atoms with van der Waals surface area (Å²) in [5.41, 5.74) is 3.37. The maximum absolute atomic E-state index is 14.6. The molecule has 60 heavy (non-hydrogen) atoms. The van der Waals surface area contributed by atoms with Crippen molar-refractivity contribution in [1.82, 2.24) is 21.3 Å². The molecule has 0 aliphatic carbocycles. The number of benzene rings is 6. The van der Waals surface area contributed by atoms with E-state index in [1.165, 1.54) is 12.1 Å². The van der Waals surface area contributed by atoms with E-state index in [0.717, 1.165) is 0 Å². The minimum Gasteiger partial charge on any atom is -0.490 e. The maximum atomic E-state index is 14.6. The molecule has 10 heteroatoms. The van der Waals surface area contributed by atoms with Gasteiger partial charge in [-0.05, 0) is 58.7 Å². The van der Waals surface area contributed by atoms with Crippen LogP contribution in [0.4, 0.5) is 0 Å². The minimum atomic E-state index is -0.823. The SMILES string of the molecule is C=CCOc1cc2cc(c1)C(=O)N[C@H](c1ccccc1)C(c1ccccc1)NC(=O)c1cc(OCC=C)cc(c1)C(=O)N[C@H](c1ccccc1)C(c1ccccc1)NC2=O. The van der Waals surface area contributed by atoms with Gasteiger partial charge in [0.2, 0.25) is 0 Å². The van der Waals surface area contributed by atoms with Gasteiger partial charge in [0.05, 0.1) is 24.2 Å².